The molecule has 5 heteroatoms. The molecule has 1 amide bonds. The van der Waals surface area contributed by atoms with E-state index in [0.29, 0.717) is 22.3 Å². The zero-order valence-corrected chi connectivity index (χ0v) is 11.0. The van der Waals surface area contributed by atoms with Crippen LogP contribution in [0.1, 0.15) is 41.6 Å². The van der Waals surface area contributed by atoms with E-state index in [1.165, 1.54) is 12.8 Å². The number of nitrogens with two attached hydrogens (primary N) is 2. The van der Waals surface area contributed by atoms with Crippen molar-refractivity contribution in [2.24, 2.45) is 5.73 Å². The Balaban J connectivity index is 2.09. The molecule has 0 heterocycles. The normalized spacial score (nSPS) is 17.8. The Hall–Kier alpha value is -1.36. The van der Waals surface area contributed by atoms with Gasteiger partial charge in [0.1, 0.15) is 0 Å². The molecule has 1 aromatic carbocycles. The molecule has 1 aromatic rings. The van der Waals surface area contributed by atoms with Gasteiger partial charge in [-0.3, -0.25) is 9.00 Å². The Morgan fingerprint density at radius 1 is 1.33 bits per heavy atom. The predicted molar refractivity (Wildman–Crippen MR) is 73.5 cm³/mol. The number of benzene rings is 1. The minimum Gasteiger partial charge on any atom is -0.398 e. The first-order valence-corrected chi connectivity index (χ1v) is 7.51. The maximum atomic E-state index is 12.1. The van der Waals surface area contributed by atoms with E-state index >= 15 is 0 Å². The third-order valence-corrected chi connectivity index (χ3v) is 5.21. The number of nitrogen functional groups attached to an aromatic ring is 1. The van der Waals surface area contributed by atoms with Gasteiger partial charge in [-0.2, -0.15) is 0 Å². The summed E-state index contributed by atoms with van der Waals surface area (Å²) >= 11 is 0. The lowest BCUT2D eigenvalue weighted by atomic mass is 10.1. The average Bonchev–Trinajstić information content (AvgIpc) is 2.85. The third kappa shape index (κ3) is 2.90. The highest BCUT2D eigenvalue weighted by Crippen LogP contribution is 2.26. The summed E-state index contributed by atoms with van der Waals surface area (Å²) < 4.78 is 12.1. The smallest absolute Gasteiger partial charge is 0.248 e. The summed E-state index contributed by atoms with van der Waals surface area (Å²) in [4.78, 5) is 11.0. The van der Waals surface area contributed by atoms with Gasteiger partial charge in [0.05, 0.1) is 5.75 Å². The number of hydrogen-bond acceptors (Lipinski definition) is 3. The fourth-order valence-electron chi connectivity index (χ4n) is 2.30. The van der Waals surface area contributed by atoms with Crippen LogP contribution in [0.5, 0.6) is 0 Å². The molecule has 1 unspecified atom stereocenters. The summed E-state index contributed by atoms with van der Waals surface area (Å²) in [6, 6.07) is 4.95. The molecule has 0 aromatic heterocycles. The topological polar surface area (TPSA) is 86.2 Å². The summed E-state index contributed by atoms with van der Waals surface area (Å²) in [5.74, 6) is -0.0274. The third-order valence-electron chi connectivity index (χ3n) is 3.40. The van der Waals surface area contributed by atoms with Gasteiger partial charge >= 0.3 is 0 Å². The number of carbonyl (C=O) groups excluding carboxylic acids is 1. The van der Waals surface area contributed by atoms with E-state index in [4.69, 9.17) is 11.5 Å². The molecule has 0 saturated heterocycles. The fourth-order valence-corrected chi connectivity index (χ4v) is 3.97. The molecule has 98 valence electrons. The second-order valence-corrected chi connectivity index (χ2v) is 6.43. The van der Waals surface area contributed by atoms with Crippen molar-refractivity contribution in [1.29, 1.82) is 0 Å². The van der Waals surface area contributed by atoms with Gasteiger partial charge in [-0.15, -0.1) is 0 Å². The average molecular weight is 266 g/mol. The van der Waals surface area contributed by atoms with Gasteiger partial charge in [0.2, 0.25) is 5.91 Å². The van der Waals surface area contributed by atoms with Crippen LogP contribution in [0, 0.1) is 0 Å². The van der Waals surface area contributed by atoms with Crippen molar-refractivity contribution in [3.63, 3.8) is 0 Å². The molecule has 1 fully saturated rings. The number of anilines is 1. The predicted octanol–water partition coefficient (Wildman–Crippen LogP) is 1.56. The van der Waals surface area contributed by atoms with E-state index < -0.39 is 16.7 Å². The van der Waals surface area contributed by atoms with E-state index in [9.17, 15) is 9.00 Å². The quantitative estimate of drug-likeness (QED) is 0.811. The van der Waals surface area contributed by atoms with Crippen LogP contribution in [0.4, 0.5) is 5.69 Å². The van der Waals surface area contributed by atoms with E-state index in [0.717, 1.165) is 18.4 Å². The molecule has 2 rings (SSSR count). The van der Waals surface area contributed by atoms with Crippen LogP contribution >= 0.6 is 0 Å². The zero-order chi connectivity index (χ0) is 13.1. The van der Waals surface area contributed by atoms with Crippen LogP contribution < -0.4 is 11.5 Å². The van der Waals surface area contributed by atoms with Crippen molar-refractivity contribution in [1.82, 2.24) is 0 Å². The molecular weight excluding hydrogens is 248 g/mol. The lowest BCUT2D eigenvalue weighted by molar-refractivity contribution is 0.100. The Kier molecular flexibility index (Phi) is 4.01. The van der Waals surface area contributed by atoms with Gasteiger partial charge in [-0.1, -0.05) is 18.9 Å². The Morgan fingerprint density at radius 2 is 2.00 bits per heavy atom. The highest BCUT2D eigenvalue weighted by molar-refractivity contribution is 7.84. The molecule has 1 saturated carbocycles. The molecular formula is C13H18N2O2S. The highest BCUT2D eigenvalue weighted by Gasteiger charge is 2.22. The molecule has 1 aliphatic carbocycles. The van der Waals surface area contributed by atoms with Gasteiger partial charge < -0.3 is 11.5 Å². The molecule has 1 aliphatic rings. The molecule has 0 bridgehead atoms. The Bertz CT molecular complexity index is 482. The first-order valence-electron chi connectivity index (χ1n) is 6.13. The molecule has 0 aliphatic heterocycles. The van der Waals surface area contributed by atoms with E-state index in [1.807, 2.05) is 0 Å². The first-order chi connectivity index (χ1) is 8.58. The molecule has 0 radical (unpaired) electrons. The second kappa shape index (κ2) is 5.52. The molecule has 0 spiro atoms. The summed E-state index contributed by atoms with van der Waals surface area (Å²) in [6.07, 6.45) is 4.44. The Morgan fingerprint density at radius 3 is 2.56 bits per heavy atom. The largest absolute Gasteiger partial charge is 0.398 e. The number of carbonyl (C=O) groups is 1. The lowest BCUT2D eigenvalue weighted by Gasteiger charge is -2.11. The van der Waals surface area contributed by atoms with Crippen LogP contribution in [0.15, 0.2) is 18.2 Å². The molecule has 18 heavy (non-hydrogen) atoms. The van der Waals surface area contributed by atoms with Crippen LogP contribution in [0.25, 0.3) is 0 Å². The number of primary amides is 1. The number of amides is 1. The zero-order valence-electron chi connectivity index (χ0n) is 10.2. The second-order valence-electron chi connectivity index (χ2n) is 4.71. The van der Waals surface area contributed by atoms with Crippen LogP contribution in [-0.4, -0.2) is 15.4 Å². The van der Waals surface area contributed by atoms with Crippen molar-refractivity contribution >= 4 is 22.4 Å². The van der Waals surface area contributed by atoms with Gasteiger partial charge in [-0.25, -0.2) is 0 Å². The maximum Gasteiger partial charge on any atom is 0.248 e. The van der Waals surface area contributed by atoms with E-state index in [1.54, 1.807) is 18.2 Å². The standard InChI is InChI=1S/C13H18N2O2S/c14-12-7-9(13(15)16)5-6-10(12)8-18(17)11-3-1-2-4-11/h5-7,11H,1-4,8,14H2,(H2,15,16). The fraction of sp³-hybridized carbons (Fsp3) is 0.462. The highest BCUT2D eigenvalue weighted by atomic mass is 32.2. The number of rotatable bonds is 4. The van der Waals surface area contributed by atoms with Crippen LogP contribution in [0.3, 0.4) is 0 Å². The first kappa shape index (κ1) is 13.1. The van der Waals surface area contributed by atoms with Crippen molar-refractivity contribution in [3.05, 3.63) is 29.3 Å². The van der Waals surface area contributed by atoms with E-state index in [-0.39, 0.29) is 0 Å². The van der Waals surface area contributed by atoms with Crippen molar-refractivity contribution in [3.8, 4) is 0 Å². The van der Waals surface area contributed by atoms with E-state index in [2.05, 4.69) is 0 Å². The van der Waals surface area contributed by atoms with Crippen molar-refractivity contribution in [2.45, 2.75) is 36.7 Å². The van der Waals surface area contributed by atoms with Crippen LogP contribution in [-0.2, 0) is 16.6 Å². The van der Waals surface area contributed by atoms with Crippen molar-refractivity contribution in [2.75, 3.05) is 5.73 Å². The van der Waals surface area contributed by atoms with Crippen molar-refractivity contribution < 1.29 is 9.00 Å². The monoisotopic (exact) mass is 266 g/mol. The maximum absolute atomic E-state index is 12.1. The minimum atomic E-state index is -0.870. The molecule has 4 nitrogen and oxygen atoms in total. The summed E-state index contributed by atoms with van der Waals surface area (Å²) in [5, 5.41) is 0.306. The van der Waals surface area contributed by atoms with Crippen LogP contribution in [0.2, 0.25) is 0 Å². The SMILES string of the molecule is NC(=O)c1ccc(CS(=O)C2CCCC2)c(N)c1. The number of hydrogen-bond donors (Lipinski definition) is 2. The molecule has 1 atom stereocenters. The summed E-state index contributed by atoms with van der Waals surface area (Å²) in [5.41, 5.74) is 12.8. The van der Waals surface area contributed by atoms with Gasteiger partial charge in [0, 0.05) is 27.3 Å². The van der Waals surface area contributed by atoms with Gasteiger partial charge in [0.15, 0.2) is 0 Å². The van der Waals surface area contributed by atoms with Gasteiger partial charge in [0.25, 0.3) is 0 Å². The lowest BCUT2D eigenvalue weighted by Crippen LogP contribution is -2.14. The van der Waals surface area contributed by atoms with Gasteiger partial charge in [-0.05, 0) is 30.5 Å². The summed E-state index contributed by atoms with van der Waals surface area (Å²) in [6.45, 7) is 0. The minimum absolute atomic E-state index is 0.306. The Labute approximate surface area is 109 Å². The molecule has 4 N–H and O–H groups in total. The summed E-state index contributed by atoms with van der Waals surface area (Å²) in [7, 11) is -0.870.